The van der Waals surface area contributed by atoms with Crippen molar-refractivity contribution >= 4 is 67.3 Å². The Bertz CT molecular complexity index is 694. The predicted molar refractivity (Wildman–Crippen MR) is 85.5 cm³/mol. The molecule has 1 saturated heterocycles. The maximum absolute atomic E-state index is 11.6. The Labute approximate surface area is 127 Å². The van der Waals surface area contributed by atoms with Crippen molar-refractivity contribution in [3.8, 4) is 0 Å². The molecule has 1 aromatic carbocycles. The first-order chi connectivity index (χ1) is 9.15. The van der Waals surface area contributed by atoms with E-state index in [1.54, 1.807) is 6.21 Å². The van der Waals surface area contributed by atoms with Crippen LogP contribution in [-0.4, -0.2) is 32.2 Å². The fourth-order valence-corrected chi connectivity index (χ4v) is 3.13. The van der Waals surface area contributed by atoms with Crippen LogP contribution in [0.4, 0.5) is 0 Å². The molecule has 0 unspecified atom stereocenters. The number of aromatic amines is 1. The Morgan fingerprint density at radius 1 is 1.53 bits per heavy atom. The lowest BCUT2D eigenvalue weighted by Crippen LogP contribution is -2.22. The third-order valence-corrected chi connectivity index (χ3v) is 4.55. The van der Waals surface area contributed by atoms with E-state index in [4.69, 9.17) is 12.2 Å². The zero-order chi connectivity index (χ0) is 13.4. The van der Waals surface area contributed by atoms with E-state index in [1.165, 1.54) is 16.8 Å². The van der Waals surface area contributed by atoms with E-state index in [0.29, 0.717) is 10.1 Å². The second-order valence-corrected chi connectivity index (χ2v) is 6.46. The van der Waals surface area contributed by atoms with Crippen LogP contribution in [0.1, 0.15) is 5.56 Å². The van der Waals surface area contributed by atoms with Gasteiger partial charge in [0.2, 0.25) is 0 Å². The molecule has 0 bridgehead atoms. The lowest BCUT2D eigenvalue weighted by atomic mass is 10.2. The van der Waals surface area contributed by atoms with E-state index in [-0.39, 0.29) is 5.91 Å². The summed E-state index contributed by atoms with van der Waals surface area (Å²) in [5, 5.41) is 6.49. The second-order valence-electron chi connectivity index (χ2n) is 3.94. The number of halogens is 1. The summed E-state index contributed by atoms with van der Waals surface area (Å²) in [4.78, 5) is 14.7. The number of nitrogens with zero attached hydrogens (tertiary/aromatic N) is 2. The van der Waals surface area contributed by atoms with Crippen LogP contribution in [0.25, 0.3) is 10.9 Å². The van der Waals surface area contributed by atoms with E-state index in [1.807, 2.05) is 24.4 Å². The second kappa shape index (κ2) is 5.07. The van der Waals surface area contributed by atoms with Crippen LogP contribution in [-0.2, 0) is 4.79 Å². The number of benzene rings is 1. The van der Waals surface area contributed by atoms with Gasteiger partial charge in [-0.1, -0.05) is 39.9 Å². The molecule has 3 rings (SSSR count). The van der Waals surface area contributed by atoms with Crippen molar-refractivity contribution in [1.29, 1.82) is 0 Å². The lowest BCUT2D eigenvalue weighted by molar-refractivity contribution is -0.123. The number of hydrazone groups is 1. The van der Waals surface area contributed by atoms with Crippen LogP contribution in [0.3, 0.4) is 0 Å². The highest BCUT2D eigenvalue weighted by Gasteiger charge is 2.25. The van der Waals surface area contributed by atoms with Crippen molar-refractivity contribution in [2.75, 3.05) is 5.75 Å². The van der Waals surface area contributed by atoms with Crippen molar-refractivity contribution in [3.63, 3.8) is 0 Å². The van der Waals surface area contributed by atoms with Crippen LogP contribution in [0.15, 0.2) is 34.0 Å². The van der Waals surface area contributed by atoms with E-state index in [0.717, 1.165) is 20.9 Å². The monoisotopic (exact) mass is 353 g/mol. The third-order valence-electron chi connectivity index (χ3n) is 2.72. The van der Waals surface area contributed by atoms with E-state index < -0.39 is 0 Å². The number of thiocarbonyl (C=S) groups is 1. The Morgan fingerprint density at radius 3 is 3.11 bits per heavy atom. The molecule has 1 aromatic heterocycles. The molecule has 0 aliphatic carbocycles. The average molecular weight is 354 g/mol. The number of thioether (sulfide) groups is 1. The number of aromatic nitrogens is 1. The summed E-state index contributed by atoms with van der Waals surface area (Å²) in [7, 11) is 0. The maximum Gasteiger partial charge on any atom is 0.259 e. The van der Waals surface area contributed by atoms with Gasteiger partial charge in [-0.25, -0.2) is 0 Å². The molecule has 19 heavy (non-hydrogen) atoms. The average Bonchev–Trinajstić information content (AvgIpc) is 2.92. The van der Waals surface area contributed by atoms with E-state index >= 15 is 0 Å². The van der Waals surface area contributed by atoms with Gasteiger partial charge < -0.3 is 4.98 Å². The van der Waals surface area contributed by atoms with E-state index in [2.05, 4.69) is 26.0 Å². The first-order valence-corrected chi connectivity index (χ1v) is 7.64. The standard InChI is InChI=1S/C12H8BrN3OS2/c13-8-1-2-10-9(3-8)7(4-14-10)5-15-16-11(17)6-19-12(16)18/h1-5,14H,6H2/b15-5-. The summed E-state index contributed by atoms with van der Waals surface area (Å²) >= 11 is 9.84. The minimum Gasteiger partial charge on any atom is -0.361 e. The highest BCUT2D eigenvalue weighted by atomic mass is 79.9. The minimum atomic E-state index is -0.0766. The van der Waals surface area contributed by atoms with Gasteiger partial charge in [0, 0.05) is 27.1 Å². The topological polar surface area (TPSA) is 48.5 Å². The molecule has 0 spiro atoms. The Kier molecular flexibility index (Phi) is 3.42. The number of nitrogens with one attached hydrogen (secondary N) is 1. The molecule has 4 nitrogen and oxygen atoms in total. The molecular weight excluding hydrogens is 346 g/mol. The molecule has 1 aliphatic heterocycles. The summed E-state index contributed by atoms with van der Waals surface area (Å²) in [6.07, 6.45) is 3.51. The molecule has 2 aromatic rings. The lowest BCUT2D eigenvalue weighted by Gasteiger charge is -2.05. The first kappa shape index (κ1) is 12.8. The molecule has 1 aliphatic rings. The van der Waals surface area contributed by atoms with Crippen molar-refractivity contribution in [2.45, 2.75) is 0 Å². The fourth-order valence-electron chi connectivity index (χ4n) is 1.80. The van der Waals surface area contributed by atoms with Gasteiger partial charge in [-0.3, -0.25) is 4.79 Å². The van der Waals surface area contributed by atoms with Gasteiger partial charge >= 0.3 is 0 Å². The fraction of sp³-hybridized carbons (Fsp3) is 0.0833. The number of hydrogen-bond donors (Lipinski definition) is 1. The van der Waals surface area contributed by atoms with Crippen molar-refractivity contribution in [3.05, 3.63) is 34.4 Å². The van der Waals surface area contributed by atoms with Gasteiger partial charge in [0.1, 0.15) is 0 Å². The highest BCUT2D eigenvalue weighted by molar-refractivity contribution is 9.10. The van der Waals surface area contributed by atoms with Crippen molar-refractivity contribution < 1.29 is 4.79 Å². The molecule has 0 atom stereocenters. The van der Waals surface area contributed by atoms with Gasteiger partial charge in [0.05, 0.1) is 12.0 Å². The van der Waals surface area contributed by atoms with Crippen LogP contribution >= 0.6 is 39.9 Å². The Balaban J connectivity index is 1.95. The van der Waals surface area contributed by atoms with Crippen molar-refractivity contribution in [2.24, 2.45) is 5.10 Å². The molecule has 96 valence electrons. The number of rotatable bonds is 2. The van der Waals surface area contributed by atoms with Gasteiger partial charge in [-0.05, 0) is 18.2 Å². The highest BCUT2D eigenvalue weighted by Crippen LogP contribution is 2.23. The SMILES string of the molecule is O=C1CSC(=S)N1/N=C\c1c[nH]c2ccc(Br)cc12. The molecule has 1 N–H and O–H groups in total. The number of amides is 1. The van der Waals surface area contributed by atoms with Crippen LogP contribution in [0, 0.1) is 0 Å². The van der Waals surface area contributed by atoms with Gasteiger partial charge in [-0.15, -0.1) is 0 Å². The number of carbonyl (C=O) groups excluding carboxylic acids is 1. The molecule has 0 saturated carbocycles. The zero-order valence-corrected chi connectivity index (χ0v) is 12.8. The number of hydrogen-bond acceptors (Lipinski definition) is 4. The largest absolute Gasteiger partial charge is 0.361 e. The van der Waals surface area contributed by atoms with Crippen LogP contribution < -0.4 is 0 Å². The number of carbonyl (C=O) groups is 1. The maximum atomic E-state index is 11.6. The Morgan fingerprint density at radius 2 is 2.37 bits per heavy atom. The molecule has 1 amide bonds. The summed E-state index contributed by atoms with van der Waals surface area (Å²) in [5.41, 5.74) is 1.94. The Hall–Kier alpha value is -1.18. The van der Waals surface area contributed by atoms with Crippen LogP contribution in [0.5, 0.6) is 0 Å². The van der Waals surface area contributed by atoms with E-state index in [9.17, 15) is 4.79 Å². The molecule has 1 fully saturated rings. The molecular formula is C12H8BrN3OS2. The normalized spacial score (nSPS) is 16.2. The summed E-state index contributed by atoms with van der Waals surface area (Å²) in [6.45, 7) is 0. The summed E-state index contributed by atoms with van der Waals surface area (Å²) in [6, 6.07) is 5.96. The quantitative estimate of drug-likeness (QED) is 0.666. The summed E-state index contributed by atoms with van der Waals surface area (Å²) < 4.78 is 1.50. The first-order valence-electron chi connectivity index (χ1n) is 5.45. The zero-order valence-electron chi connectivity index (χ0n) is 9.59. The van der Waals surface area contributed by atoms with Crippen LogP contribution in [0.2, 0.25) is 0 Å². The number of H-pyrrole nitrogens is 1. The van der Waals surface area contributed by atoms with Gasteiger partial charge in [-0.2, -0.15) is 10.1 Å². The smallest absolute Gasteiger partial charge is 0.259 e. The molecule has 0 radical (unpaired) electrons. The third kappa shape index (κ3) is 2.45. The van der Waals surface area contributed by atoms with Gasteiger partial charge in [0.15, 0.2) is 4.32 Å². The van der Waals surface area contributed by atoms with Crippen molar-refractivity contribution in [1.82, 2.24) is 9.99 Å². The minimum absolute atomic E-state index is 0.0766. The molecule has 2 heterocycles. The molecule has 7 heteroatoms. The van der Waals surface area contributed by atoms with Gasteiger partial charge in [0.25, 0.3) is 5.91 Å². The predicted octanol–water partition coefficient (Wildman–Crippen LogP) is 3.12. The summed E-state index contributed by atoms with van der Waals surface area (Å²) in [5.74, 6) is 0.294. The number of fused-ring (bicyclic) bond motifs is 1.